The number of hydrogen-bond acceptors (Lipinski definition) is 3. The Hall–Kier alpha value is -1.06. The number of nitrogens with one attached hydrogen (secondary N) is 1. The molecule has 0 spiro atoms. The highest BCUT2D eigenvalue weighted by atomic mass is 16.5. The number of hydrogen-bond donors (Lipinski definition) is 2. The van der Waals surface area contributed by atoms with E-state index in [-0.39, 0.29) is 11.9 Å². The van der Waals surface area contributed by atoms with Crippen LogP contribution in [0, 0.1) is 0 Å². The predicted octanol–water partition coefficient (Wildman–Crippen LogP) is 1.30. The van der Waals surface area contributed by atoms with E-state index in [1.807, 2.05) is 19.2 Å². The molecule has 1 aromatic rings. The lowest BCUT2D eigenvalue weighted by Gasteiger charge is -2.15. The van der Waals surface area contributed by atoms with E-state index in [0.29, 0.717) is 6.54 Å². The molecule has 0 fully saturated rings. The summed E-state index contributed by atoms with van der Waals surface area (Å²) in [5.74, 6) is 0.282. The number of phenols is 1. The average molecular weight is 181 g/mol. The van der Waals surface area contributed by atoms with Crippen molar-refractivity contribution >= 4 is 0 Å². The van der Waals surface area contributed by atoms with E-state index in [4.69, 9.17) is 4.74 Å². The van der Waals surface area contributed by atoms with Crippen molar-refractivity contribution in [2.45, 2.75) is 6.10 Å². The highest BCUT2D eigenvalue weighted by molar-refractivity contribution is 5.33. The fourth-order valence-electron chi connectivity index (χ4n) is 1.27. The summed E-state index contributed by atoms with van der Waals surface area (Å²) in [7, 11) is 3.49. The maximum Gasteiger partial charge on any atom is 0.121 e. The van der Waals surface area contributed by atoms with Crippen molar-refractivity contribution in [3.8, 4) is 5.75 Å². The Bertz CT molecular complexity index is 263. The van der Waals surface area contributed by atoms with Gasteiger partial charge in [0.05, 0.1) is 6.10 Å². The Kier molecular flexibility index (Phi) is 3.73. The van der Waals surface area contributed by atoms with Gasteiger partial charge in [0, 0.05) is 19.2 Å². The van der Waals surface area contributed by atoms with Crippen LogP contribution in [0.15, 0.2) is 24.3 Å². The van der Waals surface area contributed by atoms with Gasteiger partial charge in [-0.1, -0.05) is 18.2 Å². The highest BCUT2D eigenvalue weighted by Gasteiger charge is 2.12. The predicted molar refractivity (Wildman–Crippen MR) is 51.8 cm³/mol. The highest BCUT2D eigenvalue weighted by Crippen LogP contribution is 2.24. The summed E-state index contributed by atoms with van der Waals surface area (Å²) in [6.07, 6.45) is -0.0915. The van der Waals surface area contributed by atoms with E-state index >= 15 is 0 Å². The Morgan fingerprint density at radius 2 is 2.15 bits per heavy atom. The van der Waals surface area contributed by atoms with Crippen LogP contribution in [0.2, 0.25) is 0 Å². The molecule has 1 atom stereocenters. The Labute approximate surface area is 78.3 Å². The average Bonchev–Trinajstić information content (AvgIpc) is 2.16. The molecule has 0 saturated carbocycles. The number of likely N-dealkylation sites (N-methyl/N-ethyl adjacent to an activating group) is 1. The minimum Gasteiger partial charge on any atom is -0.508 e. The lowest BCUT2D eigenvalue weighted by molar-refractivity contribution is 0.102. The first kappa shape index (κ1) is 10.0. The normalized spacial score (nSPS) is 12.8. The van der Waals surface area contributed by atoms with Crippen molar-refractivity contribution in [2.75, 3.05) is 20.7 Å². The van der Waals surface area contributed by atoms with Gasteiger partial charge >= 0.3 is 0 Å². The lowest BCUT2D eigenvalue weighted by atomic mass is 10.1. The number of methoxy groups -OCH3 is 1. The molecular formula is C10H15NO2. The van der Waals surface area contributed by atoms with Gasteiger partial charge in [-0.2, -0.15) is 0 Å². The summed E-state index contributed by atoms with van der Waals surface area (Å²) < 4.78 is 5.24. The van der Waals surface area contributed by atoms with Crippen LogP contribution >= 0.6 is 0 Å². The largest absolute Gasteiger partial charge is 0.508 e. The first-order chi connectivity index (χ1) is 6.29. The second kappa shape index (κ2) is 4.84. The van der Waals surface area contributed by atoms with Gasteiger partial charge in [-0.3, -0.25) is 0 Å². The van der Waals surface area contributed by atoms with Gasteiger partial charge in [0.15, 0.2) is 0 Å². The first-order valence-corrected chi connectivity index (χ1v) is 4.25. The van der Waals surface area contributed by atoms with Crippen LogP contribution in [-0.4, -0.2) is 25.8 Å². The summed E-state index contributed by atoms with van der Waals surface area (Å²) in [5.41, 5.74) is 0.819. The molecular weight excluding hydrogens is 166 g/mol. The second-order valence-corrected chi connectivity index (χ2v) is 2.84. The van der Waals surface area contributed by atoms with Crippen LogP contribution in [0.5, 0.6) is 5.75 Å². The zero-order valence-corrected chi connectivity index (χ0v) is 7.95. The van der Waals surface area contributed by atoms with Gasteiger partial charge in [-0.15, -0.1) is 0 Å². The minimum atomic E-state index is -0.0915. The van der Waals surface area contributed by atoms with E-state index < -0.39 is 0 Å². The van der Waals surface area contributed by atoms with Gasteiger partial charge in [0.2, 0.25) is 0 Å². The molecule has 1 aromatic carbocycles. The van der Waals surface area contributed by atoms with Crippen molar-refractivity contribution in [3.05, 3.63) is 29.8 Å². The van der Waals surface area contributed by atoms with Crippen LogP contribution < -0.4 is 5.32 Å². The zero-order chi connectivity index (χ0) is 9.68. The molecule has 0 aromatic heterocycles. The summed E-state index contributed by atoms with van der Waals surface area (Å²) in [5, 5.41) is 12.5. The molecule has 0 aliphatic heterocycles. The molecule has 0 aliphatic carbocycles. The monoisotopic (exact) mass is 181 g/mol. The number of rotatable bonds is 4. The molecule has 0 radical (unpaired) electrons. The van der Waals surface area contributed by atoms with Crippen molar-refractivity contribution in [1.29, 1.82) is 0 Å². The fraction of sp³-hybridized carbons (Fsp3) is 0.400. The van der Waals surface area contributed by atoms with Crippen molar-refractivity contribution in [3.63, 3.8) is 0 Å². The van der Waals surface area contributed by atoms with Crippen molar-refractivity contribution in [1.82, 2.24) is 5.32 Å². The van der Waals surface area contributed by atoms with E-state index in [1.165, 1.54) is 0 Å². The molecule has 0 bridgehead atoms. The van der Waals surface area contributed by atoms with Gasteiger partial charge < -0.3 is 15.2 Å². The van der Waals surface area contributed by atoms with Gasteiger partial charge in [-0.25, -0.2) is 0 Å². The zero-order valence-electron chi connectivity index (χ0n) is 7.95. The third kappa shape index (κ3) is 2.44. The topological polar surface area (TPSA) is 41.5 Å². The summed E-state index contributed by atoms with van der Waals surface area (Å²) in [4.78, 5) is 0. The molecule has 0 amide bonds. The van der Waals surface area contributed by atoms with Crippen LogP contribution in [0.1, 0.15) is 11.7 Å². The van der Waals surface area contributed by atoms with E-state index in [1.54, 1.807) is 19.2 Å². The minimum absolute atomic E-state index is 0.0915. The summed E-state index contributed by atoms with van der Waals surface area (Å²) >= 11 is 0. The van der Waals surface area contributed by atoms with Crippen molar-refractivity contribution < 1.29 is 9.84 Å². The molecule has 3 heteroatoms. The van der Waals surface area contributed by atoms with Crippen LogP contribution in [0.4, 0.5) is 0 Å². The maximum absolute atomic E-state index is 9.53. The molecule has 0 heterocycles. The quantitative estimate of drug-likeness (QED) is 0.735. The molecule has 72 valence electrons. The molecule has 0 aliphatic rings. The molecule has 3 nitrogen and oxygen atoms in total. The molecule has 1 rings (SSSR count). The standard InChI is InChI=1S/C10H15NO2/c1-11-7-10(13-2)8-5-3-4-6-9(8)12/h3-6,10-12H,7H2,1-2H3. The number of benzene rings is 1. The third-order valence-electron chi connectivity index (χ3n) is 1.96. The van der Waals surface area contributed by atoms with E-state index in [2.05, 4.69) is 5.32 Å². The molecule has 0 saturated heterocycles. The third-order valence-corrected chi connectivity index (χ3v) is 1.96. The summed E-state index contributed by atoms with van der Waals surface area (Å²) in [6, 6.07) is 7.21. The second-order valence-electron chi connectivity index (χ2n) is 2.84. The maximum atomic E-state index is 9.53. The van der Waals surface area contributed by atoms with Gasteiger partial charge in [-0.05, 0) is 13.1 Å². The number of ether oxygens (including phenoxy) is 1. The van der Waals surface area contributed by atoms with Gasteiger partial charge in [0.1, 0.15) is 5.75 Å². The fourth-order valence-corrected chi connectivity index (χ4v) is 1.27. The van der Waals surface area contributed by atoms with E-state index in [0.717, 1.165) is 5.56 Å². The first-order valence-electron chi connectivity index (χ1n) is 4.25. The number of para-hydroxylation sites is 1. The Balaban J connectivity index is 2.84. The summed E-state index contributed by atoms with van der Waals surface area (Å²) in [6.45, 7) is 0.689. The SMILES string of the molecule is CNCC(OC)c1ccccc1O. The van der Waals surface area contributed by atoms with Crippen LogP contribution in [0.3, 0.4) is 0 Å². The van der Waals surface area contributed by atoms with Gasteiger partial charge in [0.25, 0.3) is 0 Å². The number of aromatic hydroxyl groups is 1. The molecule has 1 unspecified atom stereocenters. The van der Waals surface area contributed by atoms with Crippen molar-refractivity contribution in [2.24, 2.45) is 0 Å². The van der Waals surface area contributed by atoms with E-state index in [9.17, 15) is 5.11 Å². The molecule has 2 N–H and O–H groups in total. The Morgan fingerprint density at radius 3 is 2.69 bits per heavy atom. The van der Waals surface area contributed by atoms with Crippen LogP contribution in [0.25, 0.3) is 0 Å². The Morgan fingerprint density at radius 1 is 1.46 bits per heavy atom. The van der Waals surface area contributed by atoms with Crippen LogP contribution in [-0.2, 0) is 4.74 Å². The molecule has 13 heavy (non-hydrogen) atoms. The number of phenolic OH excluding ortho intramolecular Hbond substituents is 1. The lowest BCUT2D eigenvalue weighted by Crippen LogP contribution is -2.18. The smallest absolute Gasteiger partial charge is 0.121 e.